The average Bonchev–Trinajstić information content (AvgIpc) is 2.81. The Morgan fingerprint density at radius 2 is 1.84 bits per heavy atom. The summed E-state index contributed by atoms with van der Waals surface area (Å²) in [6.07, 6.45) is -8.39. The van der Waals surface area contributed by atoms with Gasteiger partial charge >= 0.3 is 0 Å². The Hall–Kier alpha value is -2.84. The van der Waals surface area contributed by atoms with Crippen LogP contribution in [0.4, 0.5) is 0 Å². The molecule has 0 aliphatic carbocycles. The number of aliphatic hydroxyl groups excluding tert-OH is 5. The summed E-state index contributed by atoms with van der Waals surface area (Å²) < 4.78 is 5.46. The third kappa shape index (κ3) is 4.52. The summed E-state index contributed by atoms with van der Waals surface area (Å²) in [5.41, 5.74) is 3.06. The number of nitrogens with zero attached hydrogens (tertiary/aromatic N) is 1. The zero-order valence-electron chi connectivity index (χ0n) is 17.6. The van der Waals surface area contributed by atoms with Gasteiger partial charge in [-0.3, -0.25) is 4.79 Å². The summed E-state index contributed by atoms with van der Waals surface area (Å²) in [5.74, 6) is -0.324. The van der Waals surface area contributed by atoms with E-state index in [1.54, 1.807) is 37.3 Å². The molecule has 0 radical (unpaired) electrons. The highest BCUT2D eigenvalue weighted by atomic mass is 16.6. The van der Waals surface area contributed by atoms with Crippen LogP contribution in [0.15, 0.2) is 36.4 Å². The van der Waals surface area contributed by atoms with Gasteiger partial charge in [0.15, 0.2) is 0 Å². The van der Waals surface area contributed by atoms with Gasteiger partial charge in [0.1, 0.15) is 36.6 Å². The molecule has 2 aromatic rings. The van der Waals surface area contributed by atoms with Crippen molar-refractivity contribution in [3.05, 3.63) is 58.7 Å². The van der Waals surface area contributed by atoms with E-state index in [9.17, 15) is 35.6 Å². The Morgan fingerprint density at radius 3 is 2.44 bits per heavy atom. The summed E-state index contributed by atoms with van der Waals surface area (Å²) >= 11 is 0. The van der Waals surface area contributed by atoms with Crippen molar-refractivity contribution in [2.45, 2.75) is 43.5 Å². The molecule has 1 aliphatic heterocycles. The number of amides is 1. The minimum Gasteiger partial charge on any atom is -0.394 e. The van der Waals surface area contributed by atoms with E-state index in [-0.39, 0.29) is 5.91 Å². The lowest BCUT2D eigenvalue weighted by atomic mass is 9.87. The van der Waals surface area contributed by atoms with E-state index in [0.29, 0.717) is 33.4 Å². The molecule has 0 aromatic heterocycles. The first-order chi connectivity index (χ1) is 15.2. The van der Waals surface area contributed by atoms with Crippen LogP contribution in [0.2, 0.25) is 0 Å². The van der Waals surface area contributed by atoms with Gasteiger partial charge in [0, 0.05) is 12.6 Å². The van der Waals surface area contributed by atoms with Crippen molar-refractivity contribution < 1.29 is 35.1 Å². The summed E-state index contributed by atoms with van der Waals surface area (Å²) in [4.78, 5) is 12.0. The molecule has 0 spiro atoms. The molecule has 1 aliphatic rings. The SMILES string of the molecule is CNC(=O)c1cc(C#N)cc(-c2ccc([C@@H](O)[C@H]3O[C@H](CO)[C@@H](O)[C@H](O)[C@@H]3O)c(C)c2)c1. The highest BCUT2D eigenvalue weighted by Crippen LogP contribution is 2.33. The van der Waals surface area contributed by atoms with Crippen molar-refractivity contribution >= 4 is 5.91 Å². The number of rotatable bonds is 5. The highest BCUT2D eigenvalue weighted by Gasteiger charge is 2.46. The van der Waals surface area contributed by atoms with Gasteiger partial charge in [-0.2, -0.15) is 5.26 Å². The summed E-state index contributed by atoms with van der Waals surface area (Å²) in [5, 5.41) is 62.3. The number of nitriles is 1. The minimum absolute atomic E-state index is 0.323. The maximum Gasteiger partial charge on any atom is 0.251 e. The lowest BCUT2D eigenvalue weighted by Crippen LogP contribution is -2.59. The predicted octanol–water partition coefficient (Wildman–Crippen LogP) is -0.231. The summed E-state index contributed by atoms with van der Waals surface area (Å²) in [7, 11) is 1.50. The first-order valence-corrected chi connectivity index (χ1v) is 10.1. The van der Waals surface area contributed by atoms with E-state index >= 15 is 0 Å². The van der Waals surface area contributed by atoms with Gasteiger partial charge in [-0.05, 0) is 47.4 Å². The largest absolute Gasteiger partial charge is 0.394 e. The molecule has 9 nitrogen and oxygen atoms in total. The smallest absolute Gasteiger partial charge is 0.251 e. The molecule has 1 saturated heterocycles. The fourth-order valence-electron chi connectivity index (χ4n) is 3.89. The van der Waals surface area contributed by atoms with E-state index in [1.165, 1.54) is 13.1 Å². The number of benzene rings is 2. The standard InChI is InChI=1S/C23H26N2O7/c1-11-5-13(14-6-12(9-24)7-15(8-14)23(31)25-2)3-4-16(11)18(27)22-21(30)20(29)19(28)17(10-26)32-22/h3-8,17-22,26-30H,10H2,1-2H3,(H,25,31)/t17-,18-,19-,20+,21+,22-/m1/s1. The molecule has 2 aromatic carbocycles. The maximum atomic E-state index is 12.0. The Labute approximate surface area is 185 Å². The zero-order valence-corrected chi connectivity index (χ0v) is 17.6. The number of carbonyl (C=O) groups excluding carboxylic acids is 1. The van der Waals surface area contributed by atoms with Crippen LogP contribution < -0.4 is 5.32 Å². The van der Waals surface area contributed by atoms with Crippen molar-refractivity contribution in [3.63, 3.8) is 0 Å². The minimum atomic E-state index is -1.59. The quantitative estimate of drug-likeness (QED) is 0.370. The molecule has 6 N–H and O–H groups in total. The van der Waals surface area contributed by atoms with Gasteiger partial charge in [0.2, 0.25) is 0 Å². The van der Waals surface area contributed by atoms with Gasteiger partial charge in [-0.1, -0.05) is 18.2 Å². The molecule has 0 unspecified atom stereocenters. The van der Waals surface area contributed by atoms with E-state index < -0.39 is 43.2 Å². The number of nitrogens with one attached hydrogen (secondary N) is 1. The van der Waals surface area contributed by atoms with Crippen molar-refractivity contribution in [3.8, 4) is 17.2 Å². The second kappa shape index (κ2) is 9.75. The molecule has 3 rings (SSSR count). The van der Waals surface area contributed by atoms with Crippen LogP contribution in [-0.4, -0.2) is 75.6 Å². The third-order valence-corrected chi connectivity index (χ3v) is 5.71. The lowest BCUT2D eigenvalue weighted by Gasteiger charge is -2.42. The van der Waals surface area contributed by atoms with Crippen molar-refractivity contribution in [2.75, 3.05) is 13.7 Å². The average molecular weight is 442 g/mol. The van der Waals surface area contributed by atoms with E-state index in [0.717, 1.165) is 0 Å². The number of hydrogen-bond donors (Lipinski definition) is 6. The van der Waals surface area contributed by atoms with Crippen LogP contribution in [0.1, 0.15) is 33.2 Å². The Morgan fingerprint density at radius 1 is 1.12 bits per heavy atom. The molecular formula is C23H26N2O7. The molecule has 0 saturated carbocycles. The molecule has 9 heteroatoms. The normalized spacial score (nSPS) is 26.2. The highest BCUT2D eigenvalue weighted by molar-refractivity contribution is 5.95. The monoisotopic (exact) mass is 442 g/mol. The maximum absolute atomic E-state index is 12.0. The summed E-state index contributed by atoms with van der Waals surface area (Å²) in [6.45, 7) is 1.15. The van der Waals surface area contributed by atoms with E-state index in [1.807, 2.05) is 6.07 Å². The van der Waals surface area contributed by atoms with Gasteiger partial charge < -0.3 is 35.6 Å². The van der Waals surface area contributed by atoms with Crippen LogP contribution in [-0.2, 0) is 4.74 Å². The van der Waals surface area contributed by atoms with Crippen LogP contribution in [0.5, 0.6) is 0 Å². The van der Waals surface area contributed by atoms with Crippen molar-refractivity contribution in [1.82, 2.24) is 5.32 Å². The topological polar surface area (TPSA) is 163 Å². The van der Waals surface area contributed by atoms with Gasteiger partial charge in [-0.15, -0.1) is 0 Å². The van der Waals surface area contributed by atoms with Crippen molar-refractivity contribution in [1.29, 1.82) is 5.26 Å². The number of aliphatic hydroxyl groups is 5. The molecule has 6 atom stereocenters. The Balaban J connectivity index is 1.93. The second-order valence-corrected chi connectivity index (χ2v) is 7.80. The van der Waals surface area contributed by atoms with Gasteiger partial charge in [-0.25, -0.2) is 0 Å². The molecule has 170 valence electrons. The van der Waals surface area contributed by atoms with Crippen LogP contribution >= 0.6 is 0 Å². The molecule has 1 fully saturated rings. The molecule has 1 amide bonds. The fourth-order valence-corrected chi connectivity index (χ4v) is 3.89. The zero-order chi connectivity index (χ0) is 23.6. The molecular weight excluding hydrogens is 416 g/mol. The Bertz CT molecular complexity index is 1030. The summed E-state index contributed by atoms with van der Waals surface area (Å²) in [6, 6.07) is 11.9. The molecule has 32 heavy (non-hydrogen) atoms. The van der Waals surface area contributed by atoms with Crippen LogP contribution in [0.25, 0.3) is 11.1 Å². The van der Waals surface area contributed by atoms with Crippen LogP contribution in [0, 0.1) is 18.3 Å². The van der Waals surface area contributed by atoms with Gasteiger partial charge in [0.25, 0.3) is 5.91 Å². The second-order valence-electron chi connectivity index (χ2n) is 7.80. The van der Waals surface area contributed by atoms with Crippen LogP contribution in [0.3, 0.4) is 0 Å². The Kier molecular flexibility index (Phi) is 7.26. The van der Waals surface area contributed by atoms with Gasteiger partial charge in [0.05, 0.1) is 18.2 Å². The van der Waals surface area contributed by atoms with Crippen molar-refractivity contribution in [2.24, 2.45) is 0 Å². The number of ether oxygens (including phenoxy) is 1. The predicted molar refractivity (Wildman–Crippen MR) is 113 cm³/mol. The van der Waals surface area contributed by atoms with E-state index in [4.69, 9.17) is 4.74 Å². The third-order valence-electron chi connectivity index (χ3n) is 5.71. The first-order valence-electron chi connectivity index (χ1n) is 10.1. The fraction of sp³-hybridized carbons (Fsp3) is 0.391. The lowest BCUT2D eigenvalue weighted by molar-refractivity contribution is -0.250. The number of hydrogen-bond acceptors (Lipinski definition) is 8. The molecule has 1 heterocycles. The first kappa shape index (κ1) is 23.8. The van der Waals surface area contributed by atoms with E-state index in [2.05, 4.69) is 5.32 Å². The number of carbonyl (C=O) groups is 1. The number of aryl methyl sites for hydroxylation is 1. The molecule has 0 bridgehead atoms.